The number of likely N-dealkylation sites (N-methyl/N-ethyl adjacent to an activating group) is 1. The first-order valence-corrected chi connectivity index (χ1v) is 7.79. The zero-order valence-corrected chi connectivity index (χ0v) is 13.5. The van der Waals surface area contributed by atoms with Crippen LogP contribution in [0.15, 0.2) is 24.3 Å². The van der Waals surface area contributed by atoms with Crippen LogP contribution in [0.4, 0.5) is 0 Å². The van der Waals surface area contributed by atoms with Crippen molar-refractivity contribution in [2.45, 2.75) is 6.92 Å². The second-order valence-electron chi connectivity index (χ2n) is 5.74. The molecule has 2 aromatic rings. The number of hydrogen-bond acceptors (Lipinski definition) is 3. The molecule has 5 nitrogen and oxygen atoms in total. The number of ether oxygens (including phenoxy) is 1. The van der Waals surface area contributed by atoms with Crippen LogP contribution in [0.25, 0.3) is 10.9 Å². The van der Waals surface area contributed by atoms with E-state index in [0.717, 1.165) is 55.1 Å². The minimum atomic E-state index is 0.119. The third kappa shape index (κ3) is 2.57. The number of rotatable bonds is 3. The first-order valence-electron chi connectivity index (χ1n) is 7.79. The van der Waals surface area contributed by atoms with Gasteiger partial charge in [-0.25, -0.2) is 0 Å². The fraction of sp³-hybridized carbons (Fsp3) is 0.471. The van der Waals surface area contributed by atoms with E-state index in [1.807, 2.05) is 40.8 Å². The van der Waals surface area contributed by atoms with Crippen LogP contribution in [0.1, 0.15) is 17.4 Å². The minimum absolute atomic E-state index is 0.119. The fourth-order valence-corrected chi connectivity index (χ4v) is 3.07. The van der Waals surface area contributed by atoms with E-state index in [1.54, 1.807) is 7.11 Å². The largest absolute Gasteiger partial charge is 0.497 e. The Morgan fingerprint density at radius 1 is 1.18 bits per heavy atom. The van der Waals surface area contributed by atoms with Gasteiger partial charge in [-0.3, -0.25) is 4.79 Å². The molecule has 0 bridgehead atoms. The van der Waals surface area contributed by atoms with Gasteiger partial charge in [0.1, 0.15) is 11.4 Å². The lowest BCUT2D eigenvalue weighted by atomic mass is 10.2. The van der Waals surface area contributed by atoms with E-state index >= 15 is 0 Å². The number of aryl methyl sites for hydroxylation is 1. The number of fused-ring (bicyclic) bond motifs is 1. The van der Waals surface area contributed by atoms with Crippen molar-refractivity contribution in [1.29, 1.82) is 0 Å². The van der Waals surface area contributed by atoms with Crippen LogP contribution in [-0.2, 0) is 7.05 Å². The summed E-state index contributed by atoms with van der Waals surface area (Å²) in [7, 11) is 3.60. The summed E-state index contributed by atoms with van der Waals surface area (Å²) in [6.45, 7) is 6.74. The number of amides is 1. The topological polar surface area (TPSA) is 37.7 Å². The summed E-state index contributed by atoms with van der Waals surface area (Å²) in [5.74, 6) is 0.928. The molecule has 0 unspecified atom stereocenters. The highest BCUT2D eigenvalue weighted by molar-refractivity contribution is 5.99. The molecule has 1 fully saturated rings. The van der Waals surface area contributed by atoms with Crippen LogP contribution >= 0.6 is 0 Å². The molecule has 5 heteroatoms. The average Bonchev–Trinajstić information content (AvgIpc) is 2.90. The molecule has 2 heterocycles. The average molecular weight is 301 g/mol. The zero-order valence-electron chi connectivity index (χ0n) is 13.5. The van der Waals surface area contributed by atoms with Crippen molar-refractivity contribution in [1.82, 2.24) is 14.4 Å². The van der Waals surface area contributed by atoms with E-state index in [9.17, 15) is 4.79 Å². The van der Waals surface area contributed by atoms with Gasteiger partial charge in [0.25, 0.3) is 5.91 Å². The molecule has 1 amide bonds. The number of hydrogen-bond donors (Lipinski definition) is 0. The fourth-order valence-electron chi connectivity index (χ4n) is 3.07. The molecule has 3 rings (SSSR count). The van der Waals surface area contributed by atoms with E-state index in [4.69, 9.17) is 4.74 Å². The predicted molar refractivity (Wildman–Crippen MR) is 87.5 cm³/mol. The predicted octanol–water partition coefficient (Wildman–Crippen LogP) is 1.96. The maximum Gasteiger partial charge on any atom is 0.270 e. The van der Waals surface area contributed by atoms with Gasteiger partial charge in [-0.2, -0.15) is 0 Å². The van der Waals surface area contributed by atoms with Crippen molar-refractivity contribution in [3.8, 4) is 5.75 Å². The Hall–Kier alpha value is -2.01. The lowest BCUT2D eigenvalue weighted by molar-refractivity contribution is 0.0634. The number of carbonyl (C=O) groups excluding carboxylic acids is 1. The maximum atomic E-state index is 12.8. The van der Waals surface area contributed by atoms with Gasteiger partial charge in [0, 0.05) is 44.7 Å². The molecule has 1 aliphatic heterocycles. The summed E-state index contributed by atoms with van der Waals surface area (Å²) in [5, 5.41) is 1.07. The number of methoxy groups -OCH3 is 1. The molecule has 0 atom stereocenters. The van der Waals surface area contributed by atoms with Crippen LogP contribution in [0, 0.1) is 0 Å². The van der Waals surface area contributed by atoms with E-state index in [2.05, 4.69) is 11.8 Å². The molecule has 22 heavy (non-hydrogen) atoms. The molecule has 0 radical (unpaired) electrons. The summed E-state index contributed by atoms with van der Waals surface area (Å²) in [6.07, 6.45) is 0. The van der Waals surface area contributed by atoms with E-state index in [0.29, 0.717) is 0 Å². The summed E-state index contributed by atoms with van der Waals surface area (Å²) >= 11 is 0. The second kappa shape index (κ2) is 6.01. The molecular weight excluding hydrogens is 278 g/mol. The lowest BCUT2D eigenvalue weighted by Crippen LogP contribution is -2.48. The lowest BCUT2D eigenvalue weighted by Gasteiger charge is -2.34. The Morgan fingerprint density at radius 3 is 2.55 bits per heavy atom. The molecule has 1 aromatic heterocycles. The van der Waals surface area contributed by atoms with Gasteiger partial charge in [-0.05, 0) is 24.7 Å². The highest BCUT2D eigenvalue weighted by Crippen LogP contribution is 2.24. The Labute approximate surface area is 131 Å². The number of benzene rings is 1. The van der Waals surface area contributed by atoms with E-state index in [1.165, 1.54) is 0 Å². The van der Waals surface area contributed by atoms with Crippen molar-refractivity contribution < 1.29 is 9.53 Å². The molecule has 0 spiro atoms. The van der Waals surface area contributed by atoms with Gasteiger partial charge >= 0.3 is 0 Å². The summed E-state index contributed by atoms with van der Waals surface area (Å²) in [5.41, 5.74) is 1.77. The van der Waals surface area contributed by atoms with E-state index in [-0.39, 0.29) is 5.91 Å². The highest BCUT2D eigenvalue weighted by Gasteiger charge is 2.23. The molecular formula is C17H23N3O2. The number of nitrogens with zero attached hydrogens (tertiary/aromatic N) is 3. The van der Waals surface area contributed by atoms with Crippen LogP contribution in [-0.4, -0.2) is 60.1 Å². The number of carbonyl (C=O) groups is 1. The maximum absolute atomic E-state index is 12.8. The quantitative estimate of drug-likeness (QED) is 0.870. The van der Waals surface area contributed by atoms with Crippen molar-refractivity contribution in [2.24, 2.45) is 7.05 Å². The smallest absolute Gasteiger partial charge is 0.270 e. The van der Waals surface area contributed by atoms with Crippen LogP contribution < -0.4 is 4.74 Å². The van der Waals surface area contributed by atoms with Gasteiger partial charge in [0.05, 0.1) is 12.6 Å². The number of piperazine rings is 1. The third-order valence-corrected chi connectivity index (χ3v) is 4.58. The normalized spacial score (nSPS) is 16.2. The number of aromatic nitrogens is 1. The van der Waals surface area contributed by atoms with Crippen molar-refractivity contribution in [3.63, 3.8) is 0 Å². The first kappa shape index (κ1) is 14.9. The Balaban J connectivity index is 1.86. The summed E-state index contributed by atoms with van der Waals surface area (Å²) in [4.78, 5) is 17.1. The van der Waals surface area contributed by atoms with Gasteiger partial charge in [0.15, 0.2) is 0 Å². The molecule has 0 aliphatic carbocycles. The van der Waals surface area contributed by atoms with Crippen LogP contribution in [0.2, 0.25) is 0 Å². The molecule has 1 aromatic carbocycles. The highest BCUT2D eigenvalue weighted by atomic mass is 16.5. The Morgan fingerprint density at radius 2 is 1.91 bits per heavy atom. The second-order valence-corrected chi connectivity index (χ2v) is 5.74. The molecule has 1 aliphatic rings. The van der Waals surface area contributed by atoms with Crippen molar-refractivity contribution in [3.05, 3.63) is 30.0 Å². The van der Waals surface area contributed by atoms with Crippen molar-refractivity contribution >= 4 is 16.8 Å². The summed E-state index contributed by atoms with van der Waals surface area (Å²) < 4.78 is 7.24. The van der Waals surface area contributed by atoms with Gasteiger partial charge in [-0.1, -0.05) is 6.92 Å². The van der Waals surface area contributed by atoms with Crippen LogP contribution in [0.5, 0.6) is 5.75 Å². The van der Waals surface area contributed by atoms with Gasteiger partial charge < -0.3 is 19.1 Å². The molecule has 0 saturated carbocycles. The van der Waals surface area contributed by atoms with Crippen molar-refractivity contribution in [2.75, 3.05) is 39.8 Å². The monoisotopic (exact) mass is 301 g/mol. The standard InChI is InChI=1S/C17H23N3O2/c1-4-19-7-9-20(10-8-19)17(21)16-11-13-5-6-14(22-3)12-15(13)18(16)2/h5-6,11-12H,4,7-10H2,1-3H3. The molecule has 0 N–H and O–H groups in total. The third-order valence-electron chi connectivity index (χ3n) is 4.58. The van der Waals surface area contributed by atoms with Gasteiger partial charge in [0.2, 0.25) is 0 Å². The first-order chi connectivity index (χ1) is 10.6. The minimum Gasteiger partial charge on any atom is -0.497 e. The summed E-state index contributed by atoms with van der Waals surface area (Å²) in [6, 6.07) is 7.88. The van der Waals surface area contributed by atoms with Gasteiger partial charge in [-0.15, -0.1) is 0 Å². The zero-order chi connectivity index (χ0) is 15.7. The van der Waals surface area contributed by atoms with Crippen LogP contribution in [0.3, 0.4) is 0 Å². The Kier molecular flexibility index (Phi) is 4.07. The SMILES string of the molecule is CCN1CCN(C(=O)c2cc3ccc(OC)cc3n2C)CC1. The molecule has 1 saturated heterocycles. The van der Waals surface area contributed by atoms with E-state index < -0.39 is 0 Å². The molecule has 118 valence electrons. The Bertz CT molecular complexity index is 685.